The number of amides is 3. The zero-order valence-electron chi connectivity index (χ0n) is 13.3. The van der Waals surface area contributed by atoms with E-state index in [4.69, 9.17) is 0 Å². The number of rotatable bonds is 2. The summed E-state index contributed by atoms with van der Waals surface area (Å²) in [4.78, 5) is 40.6. The molecule has 3 rings (SSSR count). The van der Waals surface area contributed by atoms with Crippen LogP contribution in [0.1, 0.15) is 46.0 Å². The maximum atomic E-state index is 12.6. The fourth-order valence-electron chi connectivity index (χ4n) is 4.15. The van der Waals surface area contributed by atoms with E-state index in [9.17, 15) is 14.4 Å². The summed E-state index contributed by atoms with van der Waals surface area (Å²) < 4.78 is 0. The first-order valence-corrected chi connectivity index (χ1v) is 8.32. The second kappa shape index (κ2) is 5.86. The number of nitrogens with zero attached hydrogens (tertiary/aromatic N) is 2. The molecule has 0 N–H and O–H groups in total. The van der Waals surface area contributed by atoms with E-state index < -0.39 is 0 Å². The first kappa shape index (κ1) is 15.3. The number of carbonyl (C=O) groups excluding carboxylic acids is 3. The van der Waals surface area contributed by atoms with Crippen LogP contribution in [0.25, 0.3) is 0 Å². The normalized spacial score (nSPS) is 35.0. The van der Waals surface area contributed by atoms with Gasteiger partial charge >= 0.3 is 0 Å². The summed E-state index contributed by atoms with van der Waals surface area (Å²) in [5, 5.41) is 0. The van der Waals surface area contributed by atoms with Crippen LogP contribution >= 0.6 is 0 Å². The standard InChI is InChI=1S/C17H24N2O3/c1-11-6-5-7-12(2)19(11)15(20)10-18-16(21)13-8-3-4-9-14(13)17(18)22/h3-4,11-14H,5-10H2,1-2H3/t11-,12+,13-,14-/m0/s1. The number of piperidine rings is 1. The van der Waals surface area contributed by atoms with Gasteiger partial charge in [0.15, 0.2) is 0 Å². The van der Waals surface area contributed by atoms with Crippen molar-refractivity contribution >= 4 is 17.7 Å². The van der Waals surface area contributed by atoms with Crippen molar-refractivity contribution in [2.75, 3.05) is 6.54 Å². The predicted octanol–water partition coefficient (Wildman–Crippen LogP) is 1.73. The third-order valence-electron chi connectivity index (χ3n) is 5.37. The smallest absolute Gasteiger partial charge is 0.243 e. The Balaban J connectivity index is 1.71. The van der Waals surface area contributed by atoms with Crippen molar-refractivity contribution in [2.24, 2.45) is 11.8 Å². The van der Waals surface area contributed by atoms with E-state index in [-0.39, 0.29) is 48.2 Å². The van der Waals surface area contributed by atoms with Gasteiger partial charge in [0.25, 0.3) is 0 Å². The van der Waals surface area contributed by atoms with Gasteiger partial charge < -0.3 is 4.90 Å². The van der Waals surface area contributed by atoms with E-state index in [2.05, 4.69) is 0 Å². The SMILES string of the molecule is C[C@@H]1CCC[C@H](C)N1C(=O)CN1C(=O)[C@H]2CC=CC[C@@H]2C1=O. The van der Waals surface area contributed by atoms with E-state index in [1.165, 1.54) is 4.90 Å². The van der Waals surface area contributed by atoms with Crippen molar-refractivity contribution < 1.29 is 14.4 Å². The van der Waals surface area contributed by atoms with Gasteiger partial charge in [0.05, 0.1) is 11.8 Å². The van der Waals surface area contributed by atoms with Gasteiger partial charge in [0.2, 0.25) is 17.7 Å². The van der Waals surface area contributed by atoms with Crippen LogP contribution in [0.4, 0.5) is 0 Å². The average Bonchev–Trinajstić information content (AvgIpc) is 2.73. The average molecular weight is 304 g/mol. The summed E-state index contributed by atoms with van der Waals surface area (Å²) in [5.74, 6) is -0.911. The molecule has 22 heavy (non-hydrogen) atoms. The molecule has 0 unspecified atom stereocenters. The monoisotopic (exact) mass is 304 g/mol. The van der Waals surface area contributed by atoms with Crippen LogP contribution in [0.15, 0.2) is 12.2 Å². The summed E-state index contributed by atoms with van der Waals surface area (Å²) in [7, 11) is 0. The Labute approximate surface area is 131 Å². The molecule has 0 radical (unpaired) electrons. The lowest BCUT2D eigenvalue weighted by Gasteiger charge is -2.39. The van der Waals surface area contributed by atoms with Gasteiger partial charge in [-0.3, -0.25) is 19.3 Å². The van der Waals surface area contributed by atoms with E-state index >= 15 is 0 Å². The molecule has 0 aromatic carbocycles. The molecule has 3 aliphatic rings. The van der Waals surface area contributed by atoms with Crippen LogP contribution in [0.5, 0.6) is 0 Å². The molecular formula is C17H24N2O3. The van der Waals surface area contributed by atoms with Crippen molar-refractivity contribution in [3.8, 4) is 0 Å². The maximum absolute atomic E-state index is 12.6. The molecule has 4 atom stereocenters. The molecule has 5 nitrogen and oxygen atoms in total. The van der Waals surface area contributed by atoms with Crippen molar-refractivity contribution in [3.05, 3.63) is 12.2 Å². The molecule has 0 aromatic rings. The lowest BCUT2D eigenvalue weighted by atomic mass is 9.85. The molecule has 0 aromatic heterocycles. The summed E-state index contributed by atoms with van der Waals surface area (Å²) in [6, 6.07) is 0.376. The van der Waals surface area contributed by atoms with Gasteiger partial charge in [0, 0.05) is 12.1 Å². The molecule has 0 bridgehead atoms. The molecule has 2 saturated heterocycles. The minimum Gasteiger partial charge on any atom is -0.336 e. The zero-order valence-corrected chi connectivity index (χ0v) is 13.3. The van der Waals surface area contributed by atoms with Crippen molar-refractivity contribution in [3.63, 3.8) is 0 Å². The Morgan fingerprint density at radius 1 is 1.05 bits per heavy atom. The van der Waals surface area contributed by atoms with Crippen LogP contribution in [-0.2, 0) is 14.4 Å². The third-order valence-corrected chi connectivity index (χ3v) is 5.37. The van der Waals surface area contributed by atoms with Gasteiger partial charge in [-0.15, -0.1) is 0 Å². The number of likely N-dealkylation sites (tertiary alicyclic amines) is 2. The molecule has 3 amide bonds. The Morgan fingerprint density at radius 3 is 2.05 bits per heavy atom. The van der Waals surface area contributed by atoms with Gasteiger partial charge in [-0.1, -0.05) is 12.2 Å². The molecule has 2 heterocycles. The van der Waals surface area contributed by atoms with Crippen molar-refractivity contribution in [2.45, 2.75) is 58.0 Å². The van der Waals surface area contributed by atoms with E-state index in [0.29, 0.717) is 12.8 Å². The Hall–Kier alpha value is -1.65. The molecule has 0 spiro atoms. The molecule has 2 aliphatic heterocycles. The molecule has 2 fully saturated rings. The minimum absolute atomic E-state index is 0.0840. The van der Waals surface area contributed by atoms with Crippen molar-refractivity contribution in [1.29, 1.82) is 0 Å². The van der Waals surface area contributed by atoms with Crippen LogP contribution in [-0.4, -0.2) is 46.1 Å². The highest BCUT2D eigenvalue weighted by atomic mass is 16.2. The number of imide groups is 1. The number of carbonyl (C=O) groups is 3. The Kier molecular flexibility index (Phi) is 4.06. The third kappa shape index (κ3) is 2.46. The zero-order chi connectivity index (χ0) is 15.9. The van der Waals surface area contributed by atoms with E-state index in [1.807, 2.05) is 30.9 Å². The molecule has 0 saturated carbocycles. The summed E-state index contributed by atoms with van der Waals surface area (Å²) in [5.41, 5.74) is 0. The maximum Gasteiger partial charge on any atom is 0.243 e. The lowest BCUT2D eigenvalue weighted by Crippen LogP contribution is -2.52. The quantitative estimate of drug-likeness (QED) is 0.576. The van der Waals surface area contributed by atoms with E-state index in [0.717, 1.165) is 19.3 Å². The van der Waals surface area contributed by atoms with Crippen LogP contribution in [0.3, 0.4) is 0 Å². The lowest BCUT2D eigenvalue weighted by molar-refractivity contribution is -0.149. The molecular weight excluding hydrogens is 280 g/mol. The van der Waals surface area contributed by atoms with Crippen molar-refractivity contribution in [1.82, 2.24) is 9.80 Å². The fourth-order valence-corrected chi connectivity index (χ4v) is 4.15. The minimum atomic E-state index is -0.249. The van der Waals surface area contributed by atoms with Gasteiger partial charge in [-0.25, -0.2) is 0 Å². The Morgan fingerprint density at radius 2 is 1.55 bits per heavy atom. The predicted molar refractivity (Wildman–Crippen MR) is 81.7 cm³/mol. The highest BCUT2D eigenvalue weighted by Crippen LogP contribution is 2.35. The van der Waals surface area contributed by atoms with Gasteiger partial charge in [-0.2, -0.15) is 0 Å². The molecule has 1 aliphatic carbocycles. The largest absolute Gasteiger partial charge is 0.336 e. The first-order valence-electron chi connectivity index (χ1n) is 8.32. The van der Waals surface area contributed by atoms with Crippen LogP contribution < -0.4 is 0 Å². The van der Waals surface area contributed by atoms with Gasteiger partial charge in [0.1, 0.15) is 6.54 Å². The number of fused-ring (bicyclic) bond motifs is 1. The summed E-state index contributed by atoms with van der Waals surface area (Å²) in [6.45, 7) is 4.01. The fraction of sp³-hybridized carbons (Fsp3) is 0.706. The van der Waals surface area contributed by atoms with E-state index in [1.54, 1.807) is 0 Å². The second-order valence-electron chi connectivity index (χ2n) is 6.85. The highest BCUT2D eigenvalue weighted by molar-refractivity contribution is 6.07. The number of hydrogen-bond donors (Lipinski definition) is 0. The van der Waals surface area contributed by atoms with Crippen LogP contribution in [0, 0.1) is 11.8 Å². The van der Waals surface area contributed by atoms with Gasteiger partial charge in [-0.05, 0) is 46.0 Å². The molecule has 120 valence electrons. The first-order chi connectivity index (χ1) is 10.5. The van der Waals surface area contributed by atoms with Crippen LogP contribution in [0.2, 0.25) is 0 Å². The topological polar surface area (TPSA) is 57.7 Å². The Bertz CT molecular complexity index is 492. The summed E-state index contributed by atoms with van der Waals surface area (Å²) >= 11 is 0. The number of hydrogen-bond acceptors (Lipinski definition) is 3. The number of allylic oxidation sites excluding steroid dienone is 2. The summed E-state index contributed by atoms with van der Waals surface area (Å²) in [6.07, 6.45) is 8.29. The molecule has 5 heteroatoms. The second-order valence-corrected chi connectivity index (χ2v) is 6.85. The highest BCUT2D eigenvalue weighted by Gasteiger charge is 2.48.